The molecule has 2 aromatic carbocycles. The first-order chi connectivity index (χ1) is 18.7. The highest BCUT2D eigenvalue weighted by molar-refractivity contribution is 7.87. The SMILES string of the molecule is Cc1c(C(=O)N[C@@H]2CCC[C@@H](O)C2)nc(-c2ccc(Cl)cc2Cl)n1-c1ccc(OS(=O)(=O)CCC(F)(F)F)cc1. The summed E-state index contributed by atoms with van der Waals surface area (Å²) < 4.78 is 67.8. The van der Waals surface area contributed by atoms with Crippen molar-refractivity contribution >= 4 is 39.2 Å². The second kappa shape index (κ2) is 12.0. The van der Waals surface area contributed by atoms with Crippen LogP contribution in [0.15, 0.2) is 42.5 Å². The number of aromatic nitrogens is 2. The van der Waals surface area contributed by atoms with Crippen LogP contribution in [0.2, 0.25) is 10.0 Å². The molecule has 0 spiro atoms. The van der Waals surface area contributed by atoms with Gasteiger partial charge in [0.15, 0.2) is 0 Å². The molecule has 0 aliphatic heterocycles. The zero-order chi connectivity index (χ0) is 29.2. The zero-order valence-corrected chi connectivity index (χ0v) is 23.5. The van der Waals surface area contributed by atoms with Crippen molar-refractivity contribution in [1.29, 1.82) is 0 Å². The van der Waals surface area contributed by atoms with Crippen molar-refractivity contribution < 1.29 is 35.7 Å². The summed E-state index contributed by atoms with van der Waals surface area (Å²) in [5.74, 6) is -1.52. The van der Waals surface area contributed by atoms with Crippen LogP contribution in [0.25, 0.3) is 17.1 Å². The number of carbonyl (C=O) groups is 1. The van der Waals surface area contributed by atoms with Gasteiger partial charge in [-0.05, 0) is 75.1 Å². The van der Waals surface area contributed by atoms with E-state index in [4.69, 9.17) is 27.4 Å². The summed E-state index contributed by atoms with van der Waals surface area (Å²) in [5.41, 5.74) is 1.49. The zero-order valence-electron chi connectivity index (χ0n) is 21.2. The van der Waals surface area contributed by atoms with E-state index in [0.29, 0.717) is 40.6 Å². The van der Waals surface area contributed by atoms with E-state index in [1.165, 1.54) is 30.3 Å². The van der Waals surface area contributed by atoms with Crippen LogP contribution in [0.4, 0.5) is 13.2 Å². The minimum atomic E-state index is -4.64. The smallest absolute Gasteiger partial charge is 0.390 e. The number of rotatable bonds is 8. The van der Waals surface area contributed by atoms with Gasteiger partial charge in [0, 0.05) is 22.3 Å². The molecule has 40 heavy (non-hydrogen) atoms. The topological polar surface area (TPSA) is 111 Å². The fraction of sp³-hybridized carbons (Fsp3) is 0.385. The van der Waals surface area contributed by atoms with Gasteiger partial charge in [-0.2, -0.15) is 21.6 Å². The quantitative estimate of drug-likeness (QED) is 0.306. The largest absolute Gasteiger partial charge is 0.393 e. The van der Waals surface area contributed by atoms with Crippen molar-refractivity contribution in [1.82, 2.24) is 14.9 Å². The maximum absolute atomic E-state index is 13.3. The van der Waals surface area contributed by atoms with E-state index < -0.39 is 40.5 Å². The Kier molecular flexibility index (Phi) is 9.03. The molecule has 0 bridgehead atoms. The van der Waals surface area contributed by atoms with Gasteiger partial charge in [0.2, 0.25) is 0 Å². The number of aliphatic hydroxyl groups excluding tert-OH is 1. The molecule has 1 fully saturated rings. The molecule has 216 valence electrons. The van der Waals surface area contributed by atoms with Gasteiger partial charge < -0.3 is 14.6 Å². The summed E-state index contributed by atoms with van der Waals surface area (Å²) in [6, 6.07) is 10.1. The van der Waals surface area contributed by atoms with Crippen molar-refractivity contribution in [2.75, 3.05) is 5.75 Å². The van der Waals surface area contributed by atoms with Crippen molar-refractivity contribution in [2.45, 2.75) is 57.3 Å². The predicted molar refractivity (Wildman–Crippen MR) is 145 cm³/mol. The Bertz CT molecular complexity index is 1490. The van der Waals surface area contributed by atoms with Crippen LogP contribution >= 0.6 is 23.2 Å². The number of aliphatic hydroxyl groups is 1. The lowest BCUT2D eigenvalue weighted by Gasteiger charge is -2.26. The molecule has 0 unspecified atom stereocenters. The Morgan fingerprint density at radius 1 is 1.18 bits per heavy atom. The summed E-state index contributed by atoms with van der Waals surface area (Å²) in [7, 11) is -4.48. The minimum Gasteiger partial charge on any atom is -0.393 e. The maximum Gasteiger partial charge on any atom is 0.390 e. The number of amides is 1. The molecule has 1 aliphatic carbocycles. The molecule has 2 N–H and O–H groups in total. The van der Waals surface area contributed by atoms with E-state index >= 15 is 0 Å². The number of hydrogen-bond donors (Lipinski definition) is 2. The van der Waals surface area contributed by atoms with E-state index in [1.54, 1.807) is 23.6 Å². The first-order valence-corrected chi connectivity index (χ1v) is 14.7. The van der Waals surface area contributed by atoms with Gasteiger partial charge in [0.1, 0.15) is 17.3 Å². The summed E-state index contributed by atoms with van der Waals surface area (Å²) in [4.78, 5) is 17.8. The average molecular weight is 620 g/mol. The molecular formula is C26H26Cl2F3N3O5S. The van der Waals surface area contributed by atoms with Gasteiger partial charge >= 0.3 is 16.3 Å². The number of halogens is 5. The van der Waals surface area contributed by atoms with E-state index in [2.05, 4.69) is 10.3 Å². The van der Waals surface area contributed by atoms with E-state index in [0.717, 1.165) is 12.8 Å². The van der Waals surface area contributed by atoms with Crippen LogP contribution in [-0.4, -0.2) is 53.1 Å². The minimum absolute atomic E-state index is 0.121. The number of imidazole rings is 1. The normalized spacial score (nSPS) is 18.0. The van der Waals surface area contributed by atoms with Gasteiger partial charge in [0.25, 0.3) is 5.91 Å². The van der Waals surface area contributed by atoms with Crippen LogP contribution < -0.4 is 9.50 Å². The molecule has 1 amide bonds. The lowest BCUT2D eigenvalue weighted by atomic mass is 9.93. The molecule has 1 aromatic heterocycles. The van der Waals surface area contributed by atoms with Crippen LogP contribution in [0.5, 0.6) is 5.75 Å². The lowest BCUT2D eigenvalue weighted by Crippen LogP contribution is -2.40. The van der Waals surface area contributed by atoms with Gasteiger partial charge in [0.05, 0.1) is 29.0 Å². The number of nitrogens with one attached hydrogen (secondary N) is 1. The Balaban J connectivity index is 1.68. The number of nitrogens with zero attached hydrogens (tertiary/aromatic N) is 2. The summed E-state index contributed by atoms with van der Waals surface area (Å²) in [6.45, 7) is 1.68. The first kappa shape index (κ1) is 30.2. The maximum atomic E-state index is 13.3. The molecule has 1 saturated carbocycles. The Morgan fingerprint density at radius 2 is 1.88 bits per heavy atom. The third-order valence-corrected chi connectivity index (χ3v) is 8.13. The molecule has 0 saturated heterocycles. The fourth-order valence-corrected chi connectivity index (χ4v) is 5.97. The molecule has 1 aliphatic rings. The second-order valence-corrected chi connectivity index (χ2v) is 12.1. The van der Waals surface area contributed by atoms with Gasteiger partial charge in [-0.3, -0.25) is 9.36 Å². The summed E-state index contributed by atoms with van der Waals surface area (Å²) in [6.07, 6.45) is -4.02. The monoisotopic (exact) mass is 619 g/mol. The molecule has 2 atom stereocenters. The summed E-state index contributed by atoms with van der Waals surface area (Å²) in [5, 5.41) is 13.6. The number of alkyl halides is 3. The number of hydrogen-bond acceptors (Lipinski definition) is 6. The van der Waals surface area contributed by atoms with Crippen molar-refractivity contribution in [2.24, 2.45) is 0 Å². The third kappa shape index (κ3) is 7.48. The highest BCUT2D eigenvalue weighted by Crippen LogP contribution is 2.34. The molecule has 0 radical (unpaired) electrons. The van der Waals surface area contributed by atoms with Crippen LogP contribution in [0.3, 0.4) is 0 Å². The highest BCUT2D eigenvalue weighted by atomic mass is 35.5. The van der Waals surface area contributed by atoms with Crippen LogP contribution in [-0.2, 0) is 10.1 Å². The Hall–Kier alpha value is -2.80. The summed E-state index contributed by atoms with van der Waals surface area (Å²) >= 11 is 12.5. The molecule has 4 rings (SSSR count). The fourth-order valence-electron chi connectivity index (χ4n) is 4.51. The Labute approximate surface area is 239 Å². The van der Waals surface area contributed by atoms with Gasteiger partial charge in [-0.1, -0.05) is 23.2 Å². The van der Waals surface area contributed by atoms with Crippen molar-refractivity contribution in [3.63, 3.8) is 0 Å². The van der Waals surface area contributed by atoms with Crippen molar-refractivity contribution in [3.8, 4) is 22.8 Å². The Morgan fingerprint density at radius 3 is 2.50 bits per heavy atom. The molecule has 8 nitrogen and oxygen atoms in total. The first-order valence-electron chi connectivity index (χ1n) is 12.4. The number of carbonyl (C=O) groups excluding carboxylic acids is 1. The molecule has 1 heterocycles. The molecule has 14 heteroatoms. The van der Waals surface area contributed by atoms with E-state index in [1.807, 2.05) is 0 Å². The molecule has 3 aromatic rings. The number of benzene rings is 2. The highest BCUT2D eigenvalue weighted by Gasteiger charge is 2.31. The van der Waals surface area contributed by atoms with Crippen LogP contribution in [0, 0.1) is 6.92 Å². The van der Waals surface area contributed by atoms with E-state index in [-0.39, 0.29) is 22.5 Å². The average Bonchev–Trinajstić information content (AvgIpc) is 3.19. The van der Waals surface area contributed by atoms with Gasteiger partial charge in [-0.15, -0.1) is 0 Å². The third-order valence-electron chi connectivity index (χ3n) is 6.43. The standard InChI is InChI=1S/C26H26Cl2F3N3O5S/c1-15-23(25(36)32-17-3-2-4-19(35)14-17)33-24(21-10-5-16(27)13-22(21)28)34(15)18-6-8-20(9-7-18)39-40(37,38)12-11-26(29,30)31/h5-10,13,17,19,35H,2-4,11-12,14H2,1H3,(H,32,36)/t17-,19-/m1/s1. The van der Waals surface area contributed by atoms with Crippen molar-refractivity contribution in [3.05, 3.63) is 63.9 Å². The van der Waals surface area contributed by atoms with Gasteiger partial charge in [-0.25, -0.2) is 4.98 Å². The second-order valence-electron chi connectivity index (χ2n) is 9.52. The van der Waals surface area contributed by atoms with Crippen LogP contribution in [0.1, 0.15) is 48.3 Å². The molecular weight excluding hydrogens is 594 g/mol. The van der Waals surface area contributed by atoms with E-state index in [9.17, 15) is 31.5 Å². The predicted octanol–water partition coefficient (Wildman–Crippen LogP) is 5.85. The lowest BCUT2D eigenvalue weighted by molar-refractivity contribution is -0.130.